The zero-order valence-corrected chi connectivity index (χ0v) is 14.9. The van der Waals surface area contributed by atoms with Crippen molar-refractivity contribution in [1.29, 1.82) is 0 Å². The predicted octanol–water partition coefficient (Wildman–Crippen LogP) is 3.91. The first-order valence-electron chi connectivity index (χ1n) is 8.85. The van der Waals surface area contributed by atoms with Crippen molar-refractivity contribution >= 4 is 11.8 Å². The number of carbonyl (C=O) groups is 2. The zero-order chi connectivity index (χ0) is 18.5. The molecular formula is C21H21NO4. The van der Waals surface area contributed by atoms with Gasteiger partial charge in [-0.3, -0.25) is 4.79 Å². The van der Waals surface area contributed by atoms with Crippen LogP contribution in [-0.2, 0) is 15.1 Å². The van der Waals surface area contributed by atoms with Crippen LogP contribution in [0.25, 0.3) is 11.3 Å². The molecule has 2 aliphatic rings. The summed E-state index contributed by atoms with van der Waals surface area (Å²) in [6.07, 6.45) is 3.23. The summed E-state index contributed by atoms with van der Waals surface area (Å²) in [6, 6.07) is 11.7. The van der Waals surface area contributed by atoms with Crippen molar-refractivity contribution in [2.75, 3.05) is 7.11 Å². The summed E-state index contributed by atoms with van der Waals surface area (Å²) >= 11 is 0. The largest absolute Gasteiger partial charge is 0.509 e. The Morgan fingerprint density at radius 3 is 2.31 bits per heavy atom. The molecule has 1 aromatic heterocycles. The lowest BCUT2D eigenvalue weighted by Crippen LogP contribution is -2.42. The topological polar surface area (TPSA) is 68.5 Å². The van der Waals surface area contributed by atoms with E-state index < -0.39 is 17.3 Å². The number of allylic oxidation sites excluding steroid dienone is 1. The van der Waals surface area contributed by atoms with Gasteiger partial charge in [-0.1, -0.05) is 42.7 Å². The van der Waals surface area contributed by atoms with E-state index in [1.165, 1.54) is 7.11 Å². The molecule has 1 N–H and O–H groups in total. The molecule has 1 aromatic carbocycles. The van der Waals surface area contributed by atoms with Gasteiger partial charge in [0, 0.05) is 5.69 Å². The number of aliphatic hydroxyl groups is 1. The fourth-order valence-corrected chi connectivity index (χ4v) is 4.31. The lowest BCUT2D eigenvalue weighted by Gasteiger charge is -2.38. The minimum atomic E-state index is -0.775. The van der Waals surface area contributed by atoms with Crippen LogP contribution in [0, 0.1) is 6.92 Å². The monoisotopic (exact) mass is 351 g/mol. The van der Waals surface area contributed by atoms with E-state index in [2.05, 4.69) is 0 Å². The lowest BCUT2D eigenvalue weighted by molar-refractivity contribution is -0.136. The fourth-order valence-electron chi connectivity index (χ4n) is 4.31. The summed E-state index contributed by atoms with van der Waals surface area (Å²) in [5.74, 6) is -1.41. The average Bonchev–Trinajstić information content (AvgIpc) is 3.29. The van der Waals surface area contributed by atoms with E-state index >= 15 is 0 Å². The normalized spacial score (nSPS) is 18.3. The second-order valence-corrected chi connectivity index (χ2v) is 7.09. The number of ketones is 1. The Morgan fingerprint density at radius 2 is 1.69 bits per heavy atom. The van der Waals surface area contributed by atoms with Gasteiger partial charge in [0.25, 0.3) is 0 Å². The van der Waals surface area contributed by atoms with Crippen LogP contribution in [0.4, 0.5) is 0 Å². The Kier molecular flexibility index (Phi) is 3.75. The molecule has 0 saturated heterocycles. The van der Waals surface area contributed by atoms with Crippen LogP contribution in [0.2, 0.25) is 0 Å². The van der Waals surface area contributed by atoms with Crippen LogP contribution in [0.5, 0.6) is 0 Å². The summed E-state index contributed by atoms with van der Waals surface area (Å²) in [5, 5.41) is 11.0. The van der Waals surface area contributed by atoms with Gasteiger partial charge >= 0.3 is 5.97 Å². The van der Waals surface area contributed by atoms with Crippen molar-refractivity contribution in [3.63, 3.8) is 0 Å². The number of fused-ring (bicyclic) bond motifs is 2. The number of hydrogen-bond acceptors (Lipinski definition) is 4. The van der Waals surface area contributed by atoms with Crippen LogP contribution < -0.4 is 0 Å². The molecule has 2 aromatic rings. The van der Waals surface area contributed by atoms with Crippen molar-refractivity contribution in [3.05, 3.63) is 59.0 Å². The SMILES string of the molecule is COC(=O)C1=C(O)C2(CCCC2)n2c(ccc2-c2ccc(C)cc2)C1=O. The number of benzene rings is 1. The molecule has 1 aliphatic heterocycles. The molecule has 1 aliphatic carbocycles. The summed E-state index contributed by atoms with van der Waals surface area (Å²) in [4.78, 5) is 25.1. The number of carbonyl (C=O) groups excluding carboxylic acids is 2. The van der Waals surface area contributed by atoms with Crippen molar-refractivity contribution < 1.29 is 19.4 Å². The molecule has 2 heterocycles. The molecule has 0 amide bonds. The van der Waals surface area contributed by atoms with Crippen LogP contribution in [-0.4, -0.2) is 28.5 Å². The summed E-state index contributed by atoms with van der Waals surface area (Å²) in [6.45, 7) is 2.02. The first-order chi connectivity index (χ1) is 12.5. The van der Waals surface area contributed by atoms with Crippen molar-refractivity contribution in [2.24, 2.45) is 0 Å². The molecule has 0 radical (unpaired) electrons. The van der Waals surface area contributed by atoms with E-state index in [1.54, 1.807) is 6.07 Å². The van der Waals surface area contributed by atoms with Gasteiger partial charge in [-0.15, -0.1) is 0 Å². The van der Waals surface area contributed by atoms with Crippen LogP contribution in [0.1, 0.15) is 41.7 Å². The Hall–Kier alpha value is -2.82. The highest BCUT2D eigenvalue weighted by molar-refractivity contribution is 6.25. The smallest absolute Gasteiger partial charge is 0.345 e. The minimum Gasteiger partial charge on any atom is -0.509 e. The zero-order valence-electron chi connectivity index (χ0n) is 14.9. The van der Waals surface area contributed by atoms with E-state index in [-0.39, 0.29) is 11.3 Å². The summed E-state index contributed by atoms with van der Waals surface area (Å²) in [5.41, 5.74) is 2.47. The van der Waals surface area contributed by atoms with Crippen LogP contribution in [0.15, 0.2) is 47.7 Å². The highest BCUT2D eigenvalue weighted by atomic mass is 16.5. The van der Waals surface area contributed by atoms with E-state index in [4.69, 9.17) is 4.74 Å². The molecule has 0 bridgehead atoms. The quantitative estimate of drug-likeness (QED) is 0.658. The Labute approximate surface area is 151 Å². The van der Waals surface area contributed by atoms with E-state index in [0.717, 1.165) is 29.7 Å². The second-order valence-electron chi connectivity index (χ2n) is 7.09. The third-order valence-corrected chi connectivity index (χ3v) is 5.61. The molecule has 134 valence electrons. The van der Waals surface area contributed by atoms with Gasteiger partial charge in [0.05, 0.1) is 12.8 Å². The Bertz CT molecular complexity index is 927. The first-order valence-corrected chi connectivity index (χ1v) is 8.85. The molecule has 5 nitrogen and oxygen atoms in total. The van der Waals surface area contributed by atoms with Gasteiger partial charge in [-0.05, 0) is 37.5 Å². The molecule has 5 heteroatoms. The molecule has 1 saturated carbocycles. The number of nitrogens with zero attached hydrogens (tertiary/aromatic N) is 1. The maximum Gasteiger partial charge on any atom is 0.345 e. The number of ether oxygens (including phenoxy) is 1. The summed E-state index contributed by atoms with van der Waals surface area (Å²) < 4.78 is 6.71. The summed E-state index contributed by atoms with van der Waals surface area (Å²) in [7, 11) is 1.22. The van der Waals surface area contributed by atoms with Crippen LogP contribution >= 0.6 is 0 Å². The number of hydrogen-bond donors (Lipinski definition) is 1. The van der Waals surface area contributed by atoms with E-state index in [0.29, 0.717) is 18.5 Å². The molecular weight excluding hydrogens is 330 g/mol. The van der Waals surface area contributed by atoms with Crippen molar-refractivity contribution in [2.45, 2.75) is 38.1 Å². The van der Waals surface area contributed by atoms with Gasteiger partial charge in [0.1, 0.15) is 16.9 Å². The minimum absolute atomic E-state index is 0.149. The number of rotatable bonds is 2. The second kappa shape index (κ2) is 5.87. The lowest BCUT2D eigenvalue weighted by atomic mass is 9.85. The molecule has 26 heavy (non-hydrogen) atoms. The van der Waals surface area contributed by atoms with E-state index in [9.17, 15) is 14.7 Å². The Balaban J connectivity index is 1.97. The van der Waals surface area contributed by atoms with Gasteiger partial charge in [0.2, 0.25) is 5.78 Å². The highest BCUT2D eigenvalue weighted by Gasteiger charge is 2.50. The number of aliphatic hydroxyl groups excluding tert-OH is 1. The Morgan fingerprint density at radius 1 is 1.08 bits per heavy atom. The number of aromatic nitrogens is 1. The third kappa shape index (κ3) is 2.16. The number of aryl methyl sites for hydroxylation is 1. The first kappa shape index (κ1) is 16.6. The molecule has 0 unspecified atom stereocenters. The van der Waals surface area contributed by atoms with Gasteiger partial charge in [-0.25, -0.2) is 4.79 Å². The predicted molar refractivity (Wildman–Crippen MR) is 97.0 cm³/mol. The molecule has 1 fully saturated rings. The number of methoxy groups -OCH3 is 1. The van der Waals surface area contributed by atoms with Gasteiger partial charge in [0.15, 0.2) is 0 Å². The average molecular weight is 351 g/mol. The third-order valence-electron chi connectivity index (χ3n) is 5.61. The maximum absolute atomic E-state index is 12.9. The number of Topliss-reactive ketones (excluding diaryl/α,β-unsaturated/α-hetero) is 1. The number of esters is 1. The fraction of sp³-hybridized carbons (Fsp3) is 0.333. The molecule has 0 atom stereocenters. The van der Waals surface area contributed by atoms with Gasteiger partial charge in [-0.2, -0.15) is 0 Å². The highest BCUT2D eigenvalue weighted by Crippen LogP contribution is 2.49. The van der Waals surface area contributed by atoms with Crippen molar-refractivity contribution in [1.82, 2.24) is 4.57 Å². The molecule has 1 spiro atoms. The van der Waals surface area contributed by atoms with E-state index in [1.807, 2.05) is 41.8 Å². The van der Waals surface area contributed by atoms with Gasteiger partial charge < -0.3 is 14.4 Å². The standard InChI is InChI=1S/C21H21NO4/c1-13-5-7-14(8-6-13)15-9-10-16-18(23)17(20(25)26-2)19(24)21(22(15)16)11-3-4-12-21/h5-10,24H,3-4,11-12H2,1-2H3. The van der Waals surface area contributed by atoms with Crippen LogP contribution in [0.3, 0.4) is 0 Å². The maximum atomic E-state index is 12.9. The van der Waals surface area contributed by atoms with Crippen molar-refractivity contribution in [3.8, 4) is 11.3 Å². The molecule has 4 rings (SSSR count).